The van der Waals surface area contributed by atoms with Gasteiger partial charge < -0.3 is 19.2 Å². The fourth-order valence-electron chi connectivity index (χ4n) is 3.25. The molecule has 1 N–H and O–H groups in total. The first-order valence-electron chi connectivity index (χ1n) is 9.57. The van der Waals surface area contributed by atoms with Gasteiger partial charge >= 0.3 is 0 Å². The SMILES string of the molecule is OC(/C=C/c1ccccc1)c1nc(Cc2ccccc2)c(N2CCOCC2)o1. The molecular formula is C23H24N2O3. The van der Waals surface area contributed by atoms with Crippen molar-refractivity contribution in [1.29, 1.82) is 0 Å². The van der Waals surface area contributed by atoms with E-state index in [4.69, 9.17) is 9.15 Å². The van der Waals surface area contributed by atoms with Crippen LogP contribution in [0.1, 0.15) is 28.8 Å². The number of nitrogens with zero attached hydrogens (tertiary/aromatic N) is 2. The number of oxazole rings is 1. The lowest BCUT2D eigenvalue weighted by Gasteiger charge is -2.26. The van der Waals surface area contributed by atoms with Crippen LogP contribution in [0.4, 0.5) is 5.88 Å². The molecule has 5 nitrogen and oxygen atoms in total. The molecule has 0 bridgehead atoms. The highest BCUT2D eigenvalue weighted by Gasteiger charge is 2.23. The van der Waals surface area contributed by atoms with Gasteiger partial charge in [-0.15, -0.1) is 0 Å². The topological polar surface area (TPSA) is 58.7 Å². The fraction of sp³-hybridized carbons (Fsp3) is 0.261. The highest BCUT2D eigenvalue weighted by Crippen LogP contribution is 2.29. The highest BCUT2D eigenvalue weighted by molar-refractivity contribution is 5.50. The molecule has 1 fully saturated rings. The molecule has 1 aliphatic heterocycles. The first-order chi connectivity index (χ1) is 13.8. The maximum atomic E-state index is 10.6. The van der Waals surface area contributed by atoms with Crippen molar-refractivity contribution < 1.29 is 14.3 Å². The second-order valence-electron chi connectivity index (χ2n) is 6.78. The molecule has 1 aromatic heterocycles. The molecule has 0 saturated carbocycles. The smallest absolute Gasteiger partial charge is 0.230 e. The van der Waals surface area contributed by atoms with Crippen molar-refractivity contribution in [2.45, 2.75) is 12.5 Å². The molecule has 2 aromatic carbocycles. The lowest BCUT2D eigenvalue weighted by Crippen LogP contribution is -2.36. The number of benzene rings is 2. The summed E-state index contributed by atoms with van der Waals surface area (Å²) in [4.78, 5) is 6.79. The number of ether oxygens (including phenoxy) is 1. The molecule has 1 atom stereocenters. The van der Waals surface area contributed by atoms with Gasteiger partial charge in [0.15, 0.2) is 0 Å². The van der Waals surface area contributed by atoms with Crippen LogP contribution >= 0.6 is 0 Å². The number of hydrogen-bond acceptors (Lipinski definition) is 5. The van der Waals surface area contributed by atoms with E-state index in [0.717, 1.165) is 35.8 Å². The number of aliphatic hydroxyl groups is 1. The highest BCUT2D eigenvalue weighted by atomic mass is 16.5. The van der Waals surface area contributed by atoms with E-state index < -0.39 is 6.10 Å². The maximum Gasteiger partial charge on any atom is 0.230 e. The standard InChI is InChI=1S/C23H24N2O3/c26-21(12-11-18-7-3-1-4-8-18)22-24-20(17-19-9-5-2-6-10-19)23(28-22)25-13-15-27-16-14-25/h1-12,21,26H,13-17H2/b12-11+. The van der Waals surface area contributed by atoms with Crippen LogP contribution < -0.4 is 4.90 Å². The van der Waals surface area contributed by atoms with Crippen LogP contribution in [0.5, 0.6) is 0 Å². The van der Waals surface area contributed by atoms with Gasteiger partial charge in [-0.3, -0.25) is 0 Å². The van der Waals surface area contributed by atoms with E-state index in [1.165, 1.54) is 0 Å². The van der Waals surface area contributed by atoms with Gasteiger partial charge in [-0.25, -0.2) is 4.98 Å². The molecule has 0 amide bonds. The largest absolute Gasteiger partial charge is 0.422 e. The summed E-state index contributed by atoms with van der Waals surface area (Å²) >= 11 is 0. The van der Waals surface area contributed by atoms with Crippen LogP contribution in [0, 0.1) is 0 Å². The number of aromatic nitrogens is 1. The molecule has 0 radical (unpaired) electrons. The van der Waals surface area contributed by atoms with E-state index in [0.29, 0.717) is 25.5 Å². The lowest BCUT2D eigenvalue weighted by atomic mass is 10.1. The van der Waals surface area contributed by atoms with Gasteiger partial charge in [0.25, 0.3) is 0 Å². The van der Waals surface area contributed by atoms with Crippen molar-refractivity contribution in [2.24, 2.45) is 0 Å². The van der Waals surface area contributed by atoms with E-state index in [2.05, 4.69) is 22.0 Å². The van der Waals surface area contributed by atoms with Gasteiger partial charge in [0, 0.05) is 19.5 Å². The predicted molar refractivity (Wildman–Crippen MR) is 109 cm³/mol. The summed E-state index contributed by atoms with van der Waals surface area (Å²) < 4.78 is 11.5. The summed E-state index contributed by atoms with van der Waals surface area (Å²) in [6, 6.07) is 20.0. The summed E-state index contributed by atoms with van der Waals surface area (Å²) in [5.41, 5.74) is 3.02. The molecule has 1 unspecified atom stereocenters. The first-order valence-corrected chi connectivity index (χ1v) is 9.57. The van der Waals surface area contributed by atoms with Crippen molar-refractivity contribution >= 4 is 12.0 Å². The minimum atomic E-state index is -0.899. The van der Waals surface area contributed by atoms with Gasteiger partial charge in [-0.1, -0.05) is 66.7 Å². The Morgan fingerprint density at radius 2 is 1.68 bits per heavy atom. The Bertz CT molecular complexity index is 900. The van der Waals surface area contributed by atoms with Gasteiger partial charge in [0.05, 0.1) is 13.2 Å². The lowest BCUT2D eigenvalue weighted by molar-refractivity contribution is 0.120. The molecule has 5 heteroatoms. The third kappa shape index (κ3) is 4.50. The van der Waals surface area contributed by atoms with Crippen LogP contribution in [0.25, 0.3) is 6.08 Å². The molecule has 1 aliphatic rings. The van der Waals surface area contributed by atoms with Crippen LogP contribution in [0.3, 0.4) is 0 Å². The van der Waals surface area contributed by atoms with Gasteiger partial charge in [-0.2, -0.15) is 0 Å². The average Bonchev–Trinajstić information content (AvgIpc) is 3.18. The van der Waals surface area contributed by atoms with Gasteiger partial charge in [-0.05, 0) is 17.2 Å². The zero-order chi connectivity index (χ0) is 19.2. The Labute approximate surface area is 164 Å². The quantitative estimate of drug-likeness (QED) is 0.708. The number of hydrogen-bond donors (Lipinski definition) is 1. The predicted octanol–water partition coefficient (Wildman–Crippen LogP) is 3.85. The molecular weight excluding hydrogens is 352 g/mol. The van der Waals surface area contributed by atoms with E-state index in [1.54, 1.807) is 6.08 Å². The Kier molecular flexibility index (Phi) is 5.85. The summed E-state index contributed by atoms with van der Waals surface area (Å²) in [6.07, 6.45) is 3.34. The van der Waals surface area contributed by atoms with Crippen molar-refractivity contribution in [3.63, 3.8) is 0 Å². The normalized spacial score (nSPS) is 15.8. The second-order valence-corrected chi connectivity index (χ2v) is 6.78. The zero-order valence-electron chi connectivity index (χ0n) is 15.7. The van der Waals surface area contributed by atoms with Crippen molar-refractivity contribution in [1.82, 2.24) is 4.98 Å². The second kappa shape index (κ2) is 8.87. The molecule has 1 saturated heterocycles. The van der Waals surface area contributed by atoms with Crippen LogP contribution in [0.15, 0.2) is 71.2 Å². The van der Waals surface area contributed by atoms with E-state index in [-0.39, 0.29) is 0 Å². The molecule has 144 valence electrons. The number of morpholine rings is 1. The monoisotopic (exact) mass is 376 g/mol. The Morgan fingerprint density at radius 3 is 2.39 bits per heavy atom. The average molecular weight is 376 g/mol. The van der Waals surface area contributed by atoms with Crippen molar-refractivity contribution in [3.05, 3.63) is 89.5 Å². The summed E-state index contributed by atoms with van der Waals surface area (Å²) in [5.74, 6) is 1.05. The van der Waals surface area contributed by atoms with E-state index in [1.807, 2.05) is 54.6 Å². The molecule has 3 aromatic rings. The van der Waals surface area contributed by atoms with Gasteiger partial charge in [0.2, 0.25) is 11.8 Å². The van der Waals surface area contributed by atoms with Gasteiger partial charge in [0.1, 0.15) is 11.8 Å². The molecule has 0 aliphatic carbocycles. The number of rotatable bonds is 6. The van der Waals surface area contributed by atoms with Crippen molar-refractivity contribution in [2.75, 3.05) is 31.2 Å². The van der Waals surface area contributed by atoms with Crippen LogP contribution in [-0.4, -0.2) is 36.4 Å². The summed E-state index contributed by atoms with van der Waals surface area (Å²) in [5, 5.41) is 10.6. The molecule has 0 spiro atoms. The zero-order valence-corrected chi connectivity index (χ0v) is 15.7. The van der Waals surface area contributed by atoms with Crippen LogP contribution in [0.2, 0.25) is 0 Å². The first kappa shape index (κ1) is 18.5. The maximum absolute atomic E-state index is 10.6. The summed E-state index contributed by atoms with van der Waals surface area (Å²) in [6.45, 7) is 2.84. The Balaban J connectivity index is 1.59. The molecule has 28 heavy (non-hydrogen) atoms. The number of anilines is 1. The molecule has 4 rings (SSSR count). The van der Waals surface area contributed by atoms with E-state index >= 15 is 0 Å². The third-order valence-electron chi connectivity index (χ3n) is 4.73. The van der Waals surface area contributed by atoms with Crippen molar-refractivity contribution in [3.8, 4) is 0 Å². The Hall–Kier alpha value is -2.89. The van der Waals surface area contributed by atoms with E-state index in [9.17, 15) is 5.11 Å². The fourth-order valence-corrected chi connectivity index (χ4v) is 3.25. The summed E-state index contributed by atoms with van der Waals surface area (Å²) in [7, 11) is 0. The molecule has 2 heterocycles. The third-order valence-corrected chi connectivity index (χ3v) is 4.73. The van der Waals surface area contributed by atoms with Crippen LogP contribution in [-0.2, 0) is 11.2 Å². The minimum absolute atomic E-state index is 0.319. The number of aliphatic hydroxyl groups excluding tert-OH is 1. The minimum Gasteiger partial charge on any atom is -0.422 e. The Morgan fingerprint density at radius 1 is 1.00 bits per heavy atom.